The third-order valence-electron chi connectivity index (χ3n) is 7.03. The molecular weight excluding hydrogens is 522 g/mol. The molecule has 4 rings (SSSR count). The number of urea groups is 2. The lowest BCUT2D eigenvalue weighted by atomic mass is 10.0. The first kappa shape index (κ1) is 29.4. The van der Waals surface area contributed by atoms with E-state index in [9.17, 15) is 19.5 Å². The molecule has 0 spiro atoms. The van der Waals surface area contributed by atoms with Crippen LogP contribution in [0.15, 0.2) is 78.9 Å². The van der Waals surface area contributed by atoms with Crippen LogP contribution >= 0.6 is 0 Å². The lowest BCUT2D eigenvalue weighted by molar-refractivity contribution is -0.134. The molecule has 4 N–H and O–H groups in total. The molecule has 0 aromatic heterocycles. The number of benzene rings is 3. The number of aliphatic hydroxyl groups excluding tert-OH is 1. The predicted octanol–water partition coefficient (Wildman–Crippen LogP) is 4.64. The molecule has 0 aliphatic carbocycles. The van der Waals surface area contributed by atoms with E-state index in [-0.39, 0.29) is 37.4 Å². The number of hydrogen-bond donors (Lipinski definition) is 4. The average Bonchev–Trinajstić information content (AvgIpc) is 3.01. The zero-order valence-corrected chi connectivity index (χ0v) is 23.5. The maximum absolute atomic E-state index is 13.4. The first-order valence-corrected chi connectivity index (χ1v) is 13.6. The summed E-state index contributed by atoms with van der Waals surface area (Å²) in [6.07, 6.45) is -0.432. The number of likely N-dealkylation sites (N-methyl/N-ethyl adjacent to an activating group) is 1. The third kappa shape index (κ3) is 7.98. The van der Waals surface area contributed by atoms with E-state index in [0.717, 1.165) is 0 Å². The molecule has 41 heavy (non-hydrogen) atoms. The number of nitrogens with one attached hydrogen (secondary N) is 3. The topological polar surface area (TPSA) is 123 Å². The number of amides is 5. The van der Waals surface area contributed by atoms with Crippen molar-refractivity contribution in [2.24, 2.45) is 5.92 Å². The van der Waals surface area contributed by atoms with Crippen molar-refractivity contribution in [1.82, 2.24) is 9.80 Å². The Hall–Kier alpha value is -4.57. The van der Waals surface area contributed by atoms with Crippen LogP contribution in [0.2, 0.25) is 0 Å². The number of ether oxygens (including phenoxy) is 1. The summed E-state index contributed by atoms with van der Waals surface area (Å²) in [5.41, 5.74) is 2.43. The van der Waals surface area contributed by atoms with Gasteiger partial charge in [0.15, 0.2) is 0 Å². The van der Waals surface area contributed by atoms with Crippen LogP contribution < -0.4 is 20.7 Å². The van der Waals surface area contributed by atoms with E-state index in [1.807, 2.05) is 55.5 Å². The van der Waals surface area contributed by atoms with Crippen LogP contribution in [0, 0.1) is 5.92 Å². The third-order valence-corrected chi connectivity index (χ3v) is 7.03. The van der Waals surface area contributed by atoms with Gasteiger partial charge in [-0.3, -0.25) is 4.79 Å². The Balaban J connectivity index is 1.56. The Bertz CT molecular complexity index is 1340. The molecule has 1 aliphatic rings. The molecule has 216 valence electrons. The molecule has 3 atom stereocenters. The quantitative estimate of drug-likeness (QED) is 0.336. The van der Waals surface area contributed by atoms with Crippen molar-refractivity contribution in [2.45, 2.75) is 32.4 Å². The van der Waals surface area contributed by atoms with Gasteiger partial charge in [0.1, 0.15) is 11.9 Å². The second kappa shape index (κ2) is 13.7. The maximum Gasteiger partial charge on any atom is 0.323 e. The van der Waals surface area contributed by atoms with Crippen molar-refractivity contribution in [3.63, 3.8) is 0 Å². The lowest BCUT2D eigenvalue weighted by Crippen LogP contribution is -2.48. The Morgan fingerprint density at radius 3 is 2.22 bits per heavy atom. The van der Waals surface area contributed by atoms with Gasteiger partial charge in [0.05, 0.1) is 25.6 Å². The van der Waals surface area contributed by atoms with Gasteiger partial charge in [-0.2, -0.15) is 0 Å². The average molecular weight is 560 g/mol. The predicted molar refractivity (Wildman–Crippen MR) is 159 cm³/mol. The van der Waals surface area contributed by atoms with Gasteiger partial charge < -0.3 is 35.6 Å². The highest BCUT2D eigenvalue weighted by molar-refractivity contribution is 6.00. The molecule has 3 aromatic carbocycles. The fourth-order valence-corrected chi connectivity index (χ4v) is 4.63. The summed E-state index contributed by atoms with van der Waals surface area (Å²) < 4.78 is 6.47. The molecule has 0 fully saturated rings. The molecule has 10 nitrogen and oxygen atoms in total. The van der Waals surface area contributed by atoms with Crippen molar-refractivity contribution in [3.05, 3.63) is 84.4 Å². The Kier molecular flexibility index (Phi) is 9.81. The number of carbonyl (C=O) groups is 3. The van der Waals surface area contributed by atoms with E-state index < -0.39 is 18.2 Å². The monoisotopic (exact) mass is 559 g/mol. The molecule has 10 heteroatoms. The van der Waals surface area contributed by atoms with E-state index in [2.05, 4.69) is 16.0 Å². The fourth-order valence-electron chi connectivity index (χ4n) is 4.63. The van der Waals surface area contributed by atoms with Crippen LogP contribution in [0.5, 0.6) is 5.75 Å². The minimum Gasteiger partial charge on any atom is -0.488 e. The SMILES string of the molecule is C[C@@H]1CN([C@H](C)CO)C(=O)Cc2cc(NC(=O)Nc3ccccc3)ccc2O[C@@H]1CN(C)C(=O)Nc1ccccc1. The van der Waals surface area contributed by atoms with Gasteiger partial charge in [0, 0.05) is 42.1 Å². The lowest BCUT2D eigenvalue weighted by Gasteiger charge is -2.34. The van der Waals surface area contributed by atoms with Crippen molar-refractivity contribution in [2.75, 3.05) is 42.7 Å². The summed E-state index contributed by atoms with van der Waals surface area (Å²) in [4.78, 5) is 42.1. The van der Waals surface area contributed by atoms with E-state index >= 15 is 0 Å². The second-order valence-electron chi connectivity index (χ2n) is 10.3. The van der Waals surface area contributed by atoms with Crippen molar-refractivity contribution in [1.29, 1.82) is 0 Å². The highest BCUT2D eigenvalue weighted by Gasteiger charge is 2.32. The summed E-state index contributed by atoms with van der Waals surface area (Å²) in [6, 6.07) is 22.3. The summed E-state index contributed by atoms with van der Waals surface area (Å²) in [5.74, 6) is 0.171. The Morgan fingerprint density at radius 2 is 1.59 bits per heavy atom. The standard InChI is InChI=1S/C31H37N5O5/c1-21-18-36(22(2)20-37)29(38)17-23-16-26(33-30(39)32-24-10-6-4-7-11-24)14-15-27(23)41-28(21)19-35(3)31(40)34-25-12-8-5-9-13-25/h4-16,21-22,28,37H,17-20H2,1-3H3,(H,34,40)(H2,32,33,39)/t21-,22-,28-/m1/s1. The van der Waals surface area contributed by atoms with Gasteiger partial charge in [0.2, 0.25) is 5.91 Å². The molecule has 0 saturated carbocycles. The van der Waals surface area contributed by atoms with Gasteiger partial charge in [-0.25, -0.2) is 9.59 Å². The van der Waals surface area contributed by atoms with Gasteiger partial charge in [0.25, 0.3) is 0 Å². The van der Waals surface area contributed by atoms with Crippen molar-refractivity contribution < 1.29 is 24.2 Å². The van der Waals surface area contributed by atoms with Crippen molar-refractivity contribution >= 4 is 35.0 Å². The zero-order chi connectivity index (χ0) is 29.4. The van der Waals surface area contributed by atoms with Crippen LogP contribution in [0.25, 0.3) is 0 Å². The van der Waals surface area contributed by atoms with Gasteiger partial charge in [-0.05, 0) is 49.4 Å². The summed E-state index contributed by atoms with van der Waals surface area (Å²) in [7, 11) is 1.69. The number of para-hydroxylation sites is 2. The first-order valence-electron chi connectivity index (χ1n) is 13.6. The first-order chi connectivity index (χ1) is 19.7. The van der Waals surface area contributed by atoms with Crippen LogP contribution in [0.4, 0.5) is 26.7 Å². The number of aliphatic hydroxyl groups is 1. The highest BCUT2D eigenvalue weighted by atomic mass is 16.5. The smallest absolute Gasteiger partial charge is 0.323 e. The highest BCUT2D eigenvalue weighted by Crippen LogP contribution is 2.29. The maximum atomic E-state index is 13.4. The van der Waals surface area contributed by atoms with E-state index in [0.29, 0.717) is 34.9 Å². The minimum atomic E-state index is -0.459. The van der Waals surface area contributed by atoms with E-state index in [1.54, 1.807) is 54.1 Å². The van der Waals surface area contributed by atoms with Crippen LogP contribution in [0.3, 0.4) is 0 Å². The number of fused-ring (bicyclic) bond motifs is 1. The number of anilines is 3. The Morgan fingerprint density at radius 1 is 0.976 bits per heavy atom. The largest absolute Gasteiger partial charge is 0.488 e. The molecular formula is C31H37N5O5. The van der Waals surface area contributed by atoms with E-state index in [4.69, 9.17) is 4.74 Å². The van der Waals surface area contributed by atoms with Crippen LogP contribution in [0.1, 0.15) is 19.4 Å². The molecule has 5 amide bonds. The van der Waals surface area contributed by atoms with Gasteiger partial charge in [-0.1, -0.05) is 43.3 Å². The second-order valence-corrected chi connectivity index (χ2v) is 10.3. The van der Waals surface area contributed by atoms with Gasteiger partial charge in [-0.15, -0.1) is 0 Å². The Labute approximate surface area is 240 Å². The van der Waals surface area contributed by atoms with Gasteiger partial charge >= 0.3 is 12.1 Å². The number of carbonyl (C=O) groups excluding carboxylic acids is 3. The molecule has 3 aromatic rings. The molecule has 0 saturated heterocycles. The molecule has 0 bridgehead atoms. The van der Waals surface area contributed by atoms with Crippen molar-refractivity contribution in [3.8, 4) is 5.75 Å². The number of nitrogens with zero attached hydrogens (tertiary/aromatic N) is 2. The molecule has 0 radical (unpaired) electrons. The number of hydrogen-bond acceptors (Lipinski definition) is 5. The minimum absolute atomic E-state index is 0.0271. The van der Waals surface area contributed by atoms with E-state index in [1.165, 1.54) is 0 Å². The van der Waals surface area contributed by atoms with Crippen LogP contribution in [-0.4, -0.2) is 71.8 Å². The molecule has 1 aliphatic heterocycles. The fraction of sp³-hybridized carbons (Fsp3) is 0.323. The summed E-state index contributed by atoms with van der Waals surface area (Å²) >= 11 is 0. The zero-order valence-electron chi connectivity index (χ0n) is 23.5. The summed E-state index contributed by atoms with van der Waals surface area (Å²) in [6.45, 7) is 4.18. The summed E-state index contributed by atoms with van der Waals surface area (Å²) in [5, 5.41) is 18.3. The molecule has 0 unspecified atom stereocenters. The molecule has 1 heterocycles. The normalized spacial score (nSPS) is 17.6. The number of rotatable bonds is 7. The van der Waals surface area contributed by atoms with Crippen LogP contribution in [-0.2, 0) is 11.2 Å².